The molecule has 0 aliphatic carbocycles. The fourth-order valence-corrected chi connectivity index (χ4v) is 2.19. The van der Waals surface area contributed by atoms with Crippen LogP contribution in [-0.2, 0) is 12.8 Å². The number of fused-ring (bicyclic) bond motifs is 1. The minimum atomic E-state index is 0.607. The molecule has 1 aliphatic heterocycles. The third-order valence-electron chi connectivity index (χ3n) is 3.03. The highest BCUT2D eigenvalue weighted by atomic mass is 15.1. The maximum absolute atomic E-state index is 6.78. The van der Waals surface area contributed by atoms with E-state index in [9.17, 15) is 0 Å². The molecule has 2 rings (SSSR count). The predicted octanol–water partition coefficient (Wildman–Crippen LogP) is 2.53. The predicted molar refractivity (Wildman–Crippen MR) is 63.2 cm³/mol. The van der Waals surface area contributed by atoms with E-state index < -0.39 is 0 Å². The molecule has 0 radical (unpaired) electrons. The van der Waals surface area contributed by atoms with Gasteiger partial charge in [-0.15, -0.1) is 0 Å². The third-order valence-corrected chi connectivity index (χ3v) is 3.03. The lowest BCUT2D eigenvalue weighted by molar-refractivity contribution is 0.868. The van der Waals surface area contributed by atoms with E-state index in [-0.39, 0.29) is 0 Å². The highest BCUT2D eigenvalue weighted by Crippen LogP contribution is 2.28. The van der Waals surface area contributed by atoms with Crippen LogP contribution in [0.1, 0.15) is 18.1 Å². The molecule has 0 spiro atoms. The third kappa shape index (κ3) is 1.97. The molecule has 1 aromatic carbocycles. The molecule has 0 fully saturated rings. The molecule has 2 nitrogen and oxygen atoms in total. The second-order valence-electron chi connectivity index (χ2n) is 3.92. The van der Waals surface area contributed by atoms with E-state index >= 15 is 0 Å². The molecule has 0 aromatic heterocycles. The number of anilines is 1. The summed E-state index contributed by atoms with van der Waals surface area (Å²) in [5.74, 6) is 0. The Balaban J connectivity index is 2.18. The molecule has 15 heavy (non-hydrogen) atoms. The van der Waals surface area contributed by atoms with Crippen LogP contribution in [0.5, 0.6) is 0 Å². The molecule has 0 saturated carbocycles. The van der Waals surface area contributed by atoms with Gasteiger partial charge in [0.15, 0.2) is 0 Å². The van der Waals surface area contributed by atoms with Gasteiger partial charge in [0.25, 0.3) is 0 Å². The molecule has 1 aromatic rings. The number of hydrogen-bond donors (Lipinski definition) is 0. The minimum Gasteiger partial charge on any atom is -0.371 e. The van der Waals surface area contributed by atoms with Crippen molar-refractivity contribution in [2.45, 2.75) is 19.8 Å². The van der Waals surface area contributed by atoms with Gasteiger partial charge in [-0.25, -0.2) is 6.57 Å². The van der Waals surface area contributed by atoms with Crippen molar-refractivity contribution in [3.05, 3.63) is 40.7 Å². The zero-order valence-corrected chi connectivity index (χ0v) is 9.16. The zero-order chi connectivity index (χ0) is 10.7. The van der Waals surface area contributed by atoms with Gasteiger partial charge >= 0.3 is 0 Å². The van der Waals surface area contributed by atoms with Crippen LogP contribution in [0, 0.1) is 6.57 Å². The van der Waals surface area contributed by atoms with Crippen molar-refractivity contribution in [1.29, 1.82) is 0 Å². The minimum absolute atomic E-state index is 0.607. The van der Waals surface area contributed by atoms with Gasteiger partial charge in [0.05, 0.1) is 0 Å². The number of likely N-dealkylation sites (N-methyl/N-ethyl adjacent to an activating group) is 1. The smallest absolute Gasteiger partial charge is 0.218 e. The normalized spacial score (nSPS) is 13.7. The molecular weight excluding hydrogens is 184 g/mol. The first-order chi connectivity index (χ1) is 7.35. The fourth-order valence-electron chi connectivity index (χ4n) is 2.19. The van der Waals surface area contributed by atoms with E-state index in [2.05, 4.69) is 34.9 Å². The van der Waals surface area contributed by atoms with Crippen LogP contribution in [0.4, 0.5) is 5.69 Å². The Morgan fingerprint density at radius 1 is 1.47 bits per heavy atom. The van der Waals surface area contributed by atoms with Crippen LogP contribution < -0.4 is 4.90 Å². The number of rotatable bonds is 3. The maximum Gasteiger partial charge on any atom is 0.218 e. The van der Waals surface area contributed by atoms with Gasteiger partial charge in [-0.2, -0.15) is 0 Å². The molecule has 2 heteroatoms. The molecule has 78 valence electrons. The summed E-state index contributed by atoms with van der Waals surface area (Å²) in [5, 5.41) is 0. The first-order valence-electron chi connectivity index (χ1n) is 5.55. The summed E-state index contributed by atoms with van der Waals surface area (Å²) in [4.78, 5) is 5.81. The van der Waals surface area contributed by atoms with E-state index in [1.165, 1.54) is 16.8 Å². The van der Waals surface area contributed by atoms with Crippen LogP contribution in [0.3, 0.4) is 0 Å². The van der Waals surface area contributed by atoms with Gasteiger partial charge in [-0.05, 0) is 30.5 Å². The Kier molecular flexibility index (Phi) is 2.91. The number of hydrogen-bond acceptors (Lipinski definition) is 1. The van der Waals surface area contributed by atoms with Crippen molar-refractivity contribution < 1.29 is 0 Å². The quantitative estimate of drug-likeness (QED) is 0.680. The summed E-state index contributed by atoms with van der Waals surface area (Å²) in [7, 11) is 0. The lowest BCUT2D eigenvalue weighted by atomic mass is 10.1. The van der Waals surface area contributed by atoms with Crippen molar-refractivity contribution in [2.24, 2.45) is 0 Å². The lowest BCUT2D eigenvalue weighted by Gasteiger charge is -2.16. The first kappa shape index (κ1) is 10.0. The van der Waals surface area contributed by atoms with E-state index in [0.29, 0.717) is 6.54 Å². The summed E-state index contributed by atoms with van der Waals surface area (Å²) < 4.78 is 0. The van der Waals surface area contributed by atoms with Gasteiger partial charge in [0, 0.05) is 25.2 Å². The van der Waals surface area contributed by atoms with E-state index in [4.69, 9.17) is 6.57 Å². The van der Waals surface area contributed by atoms with Crippen molar-refractivity contribution >= 4 is 5.69 Å². The zero-order valence-electron chi connectivity index (χ0n) is 9.16. The monoisotopic (exact) mass is 200 g/mol. The molecule has 0 atom stereocenters. The van der Waals surface area contributed by atoms with Crippen LogP contribution in [-0.4, -0.2) is 19.6 Å². The number of benzene rings is 1. The highest BCUT2D eigenvalue weighted by Gasteiger charge is 2.17. The summed E-state index contributed by atoms with van der Waals surface area (Å²) in [5.41, 5.74) is 4.16. The van der Waals surface area contributed by atoms with Crippen molar-refractivity contribution in [3.8, 4) is 0 Å². The SMILES string of the molecule is [C-]#[N+]CCc1ccc2c(c1)CCN2CC. The van der Waals surface area contributed by atoms with E-state index in [1.54, 1.807) is 0 Å². The van der Waals surface area contributed by atoms with Gasteiger partial charge < -0.3 is 9.74 Å². The van der Waals surface area contributed by atoms with Crippen LogP contribution in [0.2, 0.25) is 0 Å². The Bertz CT molecular complexity index is 390. The molecule has 1 heterocycles. The van der Waals surface area contributed by atoms with Crippen LogP contribution >= 0.6 is 0 Å². The van der Waals surface area contributed by atoms with Crippen LogP contribution in [0.25, 0.3) is 4.85 Å². The van der Waals surface area contributed by atoms with E-state index in [0.717, 1.165) is 25.9 Å². The largest absolute Gasteiger partial charge is 0.371 e. The summed E-state index contributed by atoms with van der Waals surface area (Å²) in [6, 6.07) is 6.65. The Labute approximate surface area is 91.3 Å². The highest BCUT2D eigenvalue weighted by molar-refractivity contribution is 5.59. The van der Waals surface area contributed by atoms with Crippen molar-refractivity contribution in [3.63, 3.8) is 0 Å². The number of nitrogens with zero attached hydrogens (tertiary/aromatic N) is 2. The Morgan fingerprint density at radius 3 is 3.07 bits per heavy atom. The summed E-state index contributed by atoms with van der Waals surface area (Å²) in [6.45, 7) is 11.8. The summed E-state index contributed by atoms with van der Waals surface area (Å²) in [6.07, 6.45) is 2.05. The molecule has 0 amide bonds. The molecular formula is C13H16N2. The van der Waals surface area contributed by atoms with E-state index in [1.807, 2.05) is 0 Å². The molecule has 0 N–H and O–H groups in total. The topological polar surface area (TPSA) is 7.60 Å². The average Bonchev–Trinajstić information content (AvgIpc) is 2.68. The molecule has 0 unspecified atom stereocenters. The summed E-state index contributed by atoms with van der Waals surface area (Å²) >= 11 is 0. The van der Waals surface area contributed by atoms with Gasteiger partial charge in [0.1, 0.15) is 0 Å². The second-order valence-corrected chi connectivity index (χ2v) is 3.92. The molecule has 0 saturated heterocycles. The van der Waals surface area contributed by atoms with Gasteiger partial charge in [-0.3, -0.25) is 0 Å². The van der Waals surface area contributed by atoms with Gasteiger partial charge in [0.2, 0.25) is 6.54 Å². The average molecular weight is 200 g/mol. The van der Waals surface area contributed by atoms with Crippen molar-refractivity contribution in [2.75, 3.05) is 24.5 Å². The van der Waals surface area contributed by atoms with Crippen LogP contribution in [0.15, 0.2) is 18.2 Å². The second kappa shape index (κ2) is 4.35. The fraction of sp³-hybridized carbons (Fsp3) is 0.462. The Morgan fingerprint density at radius 2 is 2.33 bits per heavy atom. The molecule has 1 aliphatic rings. The van der Waals surface area contributed by atoms with Crippen molar-refractivity contribution in [1.82, 2.24) is 0 Å². The molecule has 0 bridgehead atoms. The first-order valence-corrected chi connectivity index (χ1v) is 5.55. The standard InChI is InChI=1S/C13H16N2/c1-3-15-9-7-12-10-11(6-8-14-2)4-5-13(12)15/h4-5,10H,3,6-9H2,1H3. The van der Waals surface area contributed by atoms with Gasteiger partial charge in [-0.1, -0.05) is 12.1 Å². The lowest BCUT2D eigenvalue weighted by Crippen LogP contribution is -2.18. The Hall–Kier alpha value is -1.49. The maximum atomic E-state index is 6.78.